The second-order valence-corrected chi connectivity index (χ2v) is 5.16. The Morgan fingerprint density at radius 2 is 2.00 bits per heavy atom. The van der Waals surface area contributed by atoms with Crippen LogP contribution in [0.25, 0.3) is 5.57 Å². The molecule has 3 heteroatoms. The smallest absolute Gasteiger partial charge is 0.153 e. The fourth-order valence-corrected chi connectivity index (χ4v) is 1.88. The van der Waals surface area contributed by atoms with Gasteiger partial charge in [-0.3, -0.25) is 4.79 Å². The predicted molar refractivity (Wildman–Crippen MR) is 88.4 cm³/mol. The molecule has 1 rings (SSSR count). The van der Waals surface area contributed by atoms with Gasteiger partial charge in [0.25, 0.3) is 0 Å². The number of hydrogen-bond acceptors (Lipinski definition) is 3. The molecule has 0 aliphatic heterocycles. The molecule has 0 radical (unpaired) electrons. The maximum Gasteiger partial charge on any atom is 0.153 e. The van der Waals surface area contributed by atoms with Crippen LogP contribution >= 0.6 is 0 Å². The minimum absolute atomic E-state index is 0.0254. The summed E-state index contributed by atoms with van der Waals surface area (Å²) in [6, 6.07) is 3.77. The first-order valence-electron chi connectivity index (χ1n) is 6.94. The molecule has 0 aromatic heterocycles. The van der Waals surface area contributed by atoms with E-state index < -0.39 is 0 Å². The van der Waals surface area contributed by atoms with Crippen LogP contribution in [0.3, 0.4) is 0 Å². The monoisotopic (exact) mass is 285 g/mol. The summed E-state index contributed by atoms with van der Waals surface area (Å²) in [7, 11) is 0. The van der Waals surface area contributed by atoms with E-state index in [1.165, 1.54) is 0 Å². The van der Waals surface area contributed by atoms with Gasteiger partial charge in [0, 0.05) is 11.3 Å². The molecule has 0 bridgehead atoms. The van der Waals surface area contributed by atoms with Crippen LogP contribution in [0.1, 0.15) is 42.3 Å². The maximum atomic E-state index is 11.3. The number of rotatable bonds is 6. The lowest BCUT2D eigenvalue weighted by Gasteiger charge is -2.17. The minimum Gasteiger partial charge on any atom is -0.490 e. The molecule has 3 nitrogen and oxygen atoms in total. The van der Waals surface area contributed by atoms with Crippen molar-refractivity contribution in [3.63, 3.8) is 0 Å². The largest absolute Gasteiger partial charge is 0.490 e. The van der Waals surface area contributed by atoms with Gasteiger partial charge in [0.2, 0.25) is 0 Å². The minimum atomic E-state index is -0.0254. The van der Waals surface area contributed by atoms with Gasteiger partial charge in [-0.2, -0.15) is 0 Å². The predicted octanol–water partition coefficient (Wildman–Crippen LogP) is 4.03. The Hall–Kier alpha value is -2.29. The average Bonchev–Trinajstić information content (AvgIpc) is 2.45. The number of aryl methyl sites for hydroxylation is 1. The van der Waals surface area contributed by atoms with Gasteiger partial charge < -0.3 is 10.5 Å². The van der Waals surface area contributed by atoms with Crippen LogP contribution in [-0.4, -0.2) is 12.4 Å². The highest BCUT2D eigenvalue weighted by Crippen LogP contribution is 2.31. The molecule has 21 heavy (non-hydrogen) atoms. The van der Waals surface area contributed by atoms with Crippen molar-refractivity contribution >= 4 is 11.9 Å². The van der Waals surface area contributed by atoms with E-state index in [1.807, 2.05) is 52.0 Å². The van der Waals surface area contributed by atoms with E-state index in [1.54, 1.807) is 6.08 Å². The normalized spacial score (nSPS) is 12.0. The Balaban J connectivity index is 3.32. The van der Waals surface area contributed by atoms with Crippen LogP contribution in [0.2, 0.25) is 0 Å². The highest BCUT2D eigenvalue weighted by atomic mass is 16.5. The highest BCUT2D eigenvalue weighted by Gasteiger charge is 2.13. The average molecular weight is 285 g/mol. The van der Waals surface area contributed by atoms with Gasteiger partial charge in [-0.15, -0.1) is 0 Å². The zero-order valence-electron chi connectivity index (χ0n) is 13.1. The Morgan fingerprint density at radius 1 is 1.33 bits per heavy atom. The molecule has 112 valence electrons. The van der Waals surface area contributed by atoms with Crippen LogP contribution in [0.4, 0.5) is 0 Å². The SMILES string of the molecule is C=C(/C=C\C(N)=C/C)c1cc(C)cc(C=O)c1OC(C)C. The summed E-state index contributed by atoms with van der Waals surface area (Å²) in [5.41, 5.74) is 9.49. The fourth-order valence-electron chi connectivity index (χ4n) is 1.88. The summed E-state index contributed by atoms with van der Waals surface area (Å²) in [4.78, 5) is 11.3. The molecule has 0 saturated heterocycles. The number of allylic oxidation sites excluding steroid dienone is 4. The van der Waals surface area contributed by atoms with E-state index in [9.17, 15) is 4.79 Å². The lowest BCUT2D eigenvalue weighted by molar-refractivity contribution is 0.111. The Bertz CT molecular complexity index is 595. The Labute approximate surface area is 126 Å². The molecule has 0 saturated carbocycles. The van der Waals surface area contributed by atoms with Gasteiger partial charge in [0.05, 0.1) is 11.7 Å². The first-order chi connectivity index (χ1) is 9.88. The van der Waals surface area contributed by atoms with Crippen LogP contribution in [0.15, 0.2) is 42.6 Å². The summed E-state index contributed by atoms with van der Waals surface area (Å²) >= 11 is 0. The van der Waals surface area contributed by atoms with E-state index in [2.05, 4.69) is 6.58 Å². The molecule has 0 unspecified atom stereocenters. The van der Waals surface area contributed by atoms with Crippen molar-refractivity contribution in [2.24, 2.45) is 5.73 Å². The number of hydrogen-bond donors (Lipinski definition) is 1. The Kier molecular flexibility index (Phi) is 5.97. The standard InChI is InChI=1S/C18H23NO2/c1-6-16(19)8-7-14(5)17-10-13(4)9-15(11-20)18(17)21-12(2)3/h6-12H,5,19H2,1-4H3/b8-7-,16-6+. The number of aldehydes is 1. The van der Waals surface area contributed by atoms with Crippen LogP contribution in [0.5, 0.6) is 5.75 Å². The number of ether oxygens (including phenoxy) is 1. The molecule has 1 aromatic carbocycles. The van der Waals surface area contributed by atoms with Gasteiger partial charge >= 0.3 is 0 Å². The molecule has 0 amide bonds. The molecule has 0 atom stereocenters. The molecular weight excluding hydrogens is 262 g/mol. The van der Waals surface area contributed by atoms with Gasteiger partial charge in [-0.05, 0) is 57.0 Å². The topological polar surface area (TPSA) is 52.3 Å². The highest BCUT2D eigenvalue weighted by molar-refractivity contribution is 5.87. The summed E-state index contributed by atoms with van der Waals surface area (Å²) in [6.45, 7) is 11.7. The summed E-state index contributed by atoms with van der Waals surface area (Å²) in [5.74, 6) is 0.569. The molecule has 0 fully saturated rings. The van der Waals surface area contributed by atoms with Gasteiger partial charge in [0.15, 0.2) is 6.29 Å². The van der Waals surface area contributed by atoms with Gasteiger partial charge in [-0.25, -0.2) is 0 Å². The second-order valence-electron chi connectivity index (χ2n) is 5.16. The summed E-state index contributed by atoms with van der Waals surface area (Å²) < 4.78 is 5.80. The molecule has 0 aliphatic carbocycles. The van der Waals surface area contributed by atoms with E-state index in [0.717, 1.165) is 23.0 Å². The third kappa shape index (κ3) is 4.63. The Morgan fingerprint density at radius 3 is 2.52 bits per heavy atom. The first-order valence-corrected chi connectivity index (χ1v) is 6.94. The number of carbonyl (C=O) groups excluding carboxylic acids is 1. The lowest BCUT2D eigenvalue weighted by Crippen LogP contribution is -2.09. The molecule has 2 N–H and O–H groups in total. The van der Waals surface area contributed by atoms with Crippen molar-refractivity contribution in [2.45, 2.75) is 33.8 Å². The number of benzene rings is 1. The summed E-state index contributed by atoms with van der Waals surface area (Å²) in [6.07, 6.45) is 6.20. The molecular formula is C18H23NO2. The van der Waals surface area contributed by atoms with Crippen molar-refractivity contribution in [3.05, 3.63) is 59.3 Å². The maximum absolute atomic E-state index is 11.3. The van der Waals surface area contributed by atoms with Crippen molar-refractivity contribution < 1.29 is 9.53 Å². The van der Waals surface area contributed by atoms with Crippen molar-refractivity contribution in [1.82, 2.24) is 0 Å². The molecule has 1 aromatic rings. The fraction of sp³-hybridized carbons (Fsp3) is 0.278. The van der Waals surface area contributed by atoms with Crippen LogP contribution in [-0.2, 0) is 0 Å². The molecule has 0 aliphatic rings. The number of carbonyl (C=O) groups is 1. The van der Waals surface area contributed by atoms with Gasteiger partial charge in [0.1, 0.15) is 5.75 Å². The molecule has 0 heterocycles. The van der Waals surface area contributed by atoms with Crippen molar-refractivity contribution in [3.8, 4) is 5.75 Å². The first kappa shape index (κ1) is 16.8. The van der Waals surface area contributed by atoms with Crippen molar-refractivity contribution in [1.29, 1.82) is 0 Å². The zero-order valence-corrected chi connectivity index (χ0v) is 13.1. The van der Waals surface area contributed by atoms with Gasteiger partial charge in [-0.1, -0.05) is 18.7 Å². The van der Waals surface area contributed by atoms with E-state index in [-0.39, 0.29) is 6.10 Å². The van der Waals surface area contributed by atoms with E-state index >= 15 is 0 Å². The van der Waals surface area contributed by atoms with Crippen LogP contribution in [0, 0.1) is 6.92 Å². The van der Waals surface area contributed by atoms with Crippen LogP contribution < -0.4 is 10.5 Å². The van der Waals surface area contributed by atoms with E-state index in [4.69, 9.17) is 10.5 Å². The molecule has 0 spiro atoms. The zero-order chi connectivity index (χ0) is 16.0. The summed E-state index contributed by atoms with van der Waals surface area (Å²) in [5, 5.41) is 0. The van der Waals surface area contributed by atoms with Crippen molar-refractivity contribution in [2.75, 3.05) is 0 Å². The third-order valence-electron chi connectivity index (χ3n) is 2.90. The number of nitrogens with two attached hydrogens (primary N) is 1. The van der Waals surface area contributed by atoms with E-state index in [0.29, 0.717) is 17.0 Å². The third-order valence-corrected chi connectivity index (χ3v) is 2.90. The lowest BCUT2D eigenvalue weighted by atomic mass is 9.99. The quantitative estimate of drug-likeness (QED) is 0.634. The second kappa shape index (κ2) is 7.48.